The smallest absolute Gasteiger partial charge is 0.305 e. The number of rotatable bonds is 6. The highest BCUT2D eigenvalue weighted by Crippen LogP contribution is 2.31. The number of alkyl halides is 3. The van der Waals surface area contributed by atoms with E-state index in [0.717, 1.165) is 10.1 Å². The highest BCUT2D eigenvalue weighted by molar-refractivity contribution is 7.89. The normalized spacial score (nSPS) is 12.6. The second-order valence-electron chi connectivity index (χ2n) is 6.45. The van der Waals surface area contributed by atoms with E-state index in [0.29, 0.717) is 5.56 Å². The maximum Gasteiger partial charge on any atom is 0.449 e. The molecule has 1 N–H and O–H groups in total. The van der Waals surface area contributed by atoms with Crippen LogP contribution in [0.5, 0.6) is 0 Å². The number of aromatic nitrogens is 3. The van der Waals surface area contributed by atoms with Crippen molar-refractivity contribution in [1.82, 2.24) is 19.3 Å². The lowest BCUT2D eigenvalue weighted by atomic mass is 10.2. The molecule has 6 nitrogen and oxygen atoms in total. The second kappa shape index (κ2) is 7.51. The summed E-state index contributed by atoms with van der Waals surface area (Å²) < 4.78 is 68.2. The Morgan fingerprint density at radius 2 is 1.93 bits per heavy atom. The maximum absolute atomic E-state index is 13.3. The van der Waals surface area contributed by atoms with Gasteiger partial charge in [0.25, 0.3) is 0 Å². The van der Waals surface area contributed by atoms with Crippen LogP contribution in [0.3, 0.4) is 0 Å². The number of halogens is 3. The van der Waals surface area contributed by atoms with Gasteiger partial charge >= 0.3 is 6.18 Å². The van der Waals surface area contributed by atoms with Gasteiger partial charge in [0.05, 0.1) is 4.90 Å². The molecule has 0 bridgehead atoms. The Bertz CT molecular complexity index is 1110. The van der Waals surface area contributed by atoms with Crippen molar-refractivity contribution in [3.8, 4) is 0 Å². The van der Waals surface area contributed by atoms with Crippen LogP contribution in [-0.4, -0.2) is 29.5 Å². The molecule has 10 heteroatoms. The Labute approximate surface area is 160 Å². The minimum absolute atomic E-state index is 0.0144. The summed E-state index contributed by atoms with van der Waals surface area (Å²) in [5.74, 6) is -1.04. The molecule has 0 unspecified atom stereocenters. The summed E-state index contributed by atoms with van der Waals surface area (Å²) in [6, 6.07) is 8.05. The summed E-state index contributed by atoms with van der Waals surface area (Å²) in [6.07, 6.45) is -3.09. The molecule has 2 heterocycles. The number of nitrogens with zero attached hydrogens (tertiary/aromatic N) is 3. The van der Waals surface area contributed by atoms with Crippen molar-refractivity contribution in [3.63, 3.8) is 0 Å². The average molecular weight is 412 g/mol. The number of hydrogen-bond acceptors (Lipinski definition) is 4. The summed E-state index contributed by atoms with van der Waals surface area (Å²) in [5.41, 5.74) is 1.66. The zero-order valence-corrected chi connectivity index (χ0v) is 16.1. The SMILES string of the molecule is Cc1ccc(C)c(S(=O)(=O)NCCCn2c(C(F)(F)F)nc3cccnc32)c1. The first kappa shape index (κ1) is 20.3. The molecular formula is C18H19F3N4O2S. The molecule has 3 rings (SSSR count). The van der Waals surface area contributed by atoms with E-state index in [-0.39, 0.29) is 35.6 Å². The first-order valence-corrected chi connectivity index (χ1v) is 10.0. The summed E-state index contributed by atoms with van der Waals surface area (Å²) in [4.78, 5) is 7.76. The van der Waals surface area contributed by atoms with Gasteiger partial charge in [-0.25, -0.2) is 23.1 Å². The summed E-state index contributed by atoms with van der Waals surface area (Å²) >= 11 is 0. The number of nitrogens with one attached hydrogen (secondary N) is 1. The van der Waals surface area contributed by atoms with Crippen LogP contribution >= 0.6 is 0 Å². The third-order valence-electron chi connectivity index (χ3n) is 4.24. The van der Waals surface area contributed by atoms with Crippen LogP contribution in [0, 0.1) is 13.8 Å². The van der Waals surface area contributed by atoms with Gasteiger partial charge in [0, 0.05) is 19.3 Å². The van der Waals surface area contributed by atoms with Crippen LogP contribution in [0.25, 0.3) is 11.2 Å². The van der Waals surface area contributed by atoms with Crippen LogP contribution in [0.1, 0.15) is 23.4 Å². The van der Waals surface area contributed by atoms with E-state index < -0.39 is 22.0 Å². The van der Waals surface area contributed by atoms with Crippen molar-refractivity contribution in [1.29, 1.82) is 0 Å². The lowest BCUT2D eigenvalue weighted by Gasteiger charge is -2.12. The standard InChI is InChI=1S/C18H19F3N4O2S/c1-12-6-7-13(2)15(11-12)28(26,27)23-9-4-10-25-16-14(5-3-8-22-16)24-17(25)18(19,20)21/h3,5-8,11,23H,4,9-10H2,1-2H3. The van der Waals surface area contributed by atoms with Crippen LogP contribution < -0.4 is 4.72 Å². The molecule has 2 aromatic heterocycles. The number of pyridine rings is 1. The number of sulfonamides is 1. The molecule has 1 aromatic carbocycles. The molecule has 0 saturated carbocycles. The molecule has 0 aliphatic carbocycles. The first-order valence-electron chi connectivity index (χ1n) is 8.55. The van der Waals surface area contributed by atoms with Crippen molar-refractivity contribution >= 4 is 21.2 Å². The van der Waals surface area contributed by atoms with E-state index in [4.69, 9.17) is 0 Å². The maximum atomic E-state index is 13.3. The molecule has 0 spiro atoms. The summed E-state index contributed by atoms with van der Waals surface area (Å²) in [5, 5.41) is 0. The number of benzene rings is 1. The van der Waals surface area contributed by atoms with Gasteiger partial charge in [-0.2, -0.15) is 13.2 Å². The van der Waals surface area contributed by atoms with E-state index in [2.05, 4.69) is 14.7 Å². The van der Waals surface area contributed by atoms with E-state index in [1.807, 2.05) is 6.07 Å². The fraction of sp³-hybridized carbons (Fsp3) is 0.333. The summed E-state index contributed by atoms with van der Waals surface area (Å²) in [7, 11) is -3.75. The van der Waals surface area contributed by atoms with Crippen LogP contribution in [-0.2, 0) is 22.7 Å². The third kappa shape index (κ3) is 4.17. The highest BCUT2D eigenvalue weighted by atomic mass is 32.2. The Morgan fingerprint density at radius 3 is 2.64 bits per heavy atom. The van der Waals surface area contributed by atoms with Crippen molar-refractivity contribution in [2.45, 2.75) is 37.9 Å². The average Bonchev–Trinajstić information content (AvgIpc) is 3.00. The van der Waals surface area contributed by atoms with Crippen molar-refractivity contribution in [2.75, 3.05) is 6.54 Å². The third-order valence-corrected chi connectivity index (χ3v) is 5.84. The Kier molecular flexibility index (Phi) is 5.44. The van der Waals surface area contributed by atoms with Gasteiger partial charge in [0.1, 0.15) is 5.52 Å². The topological polar surface area (TPSA) is 76.9 Å². The number of fused-ring (bicyclic) bond motifs is 1. The Balaban J connectivity index is 1.74. The molecule has 0 saturated heterocycles. The first-order chi connectivity index (χ1) is 13.1. The van der Waals surface area contributed by atoms with Crippen LogP contribution in [0.2, 0.25) is 0 Å². The van der Waals surface area contributed by atoms with Gasteiger partial charge in [-0.05, 0) is 49.6 Å². The monoisotopic (exact) mass is 412 g/mol. The van der Waals surface area contributed by atoms with E-state index in [1.165, 1.54) is 18.3 Å². The Hall–Kier alpha value is -2.46. The Morgan fingerprint density at radius 1 is 1.18 bits per heavy atom. The molecule has 0 aliphatic rings. The molecule has 0 radical (unpaired) electrons. The molecule has 0 aliphatic heterocycles. The molecule has 0 fully saturated rings. The van der Waals surface area contributed by atoms with E-state index in [9.17, 15) is 21.6 Å². The summed E-state index contributed by atoms with van der Waals surface area (Å²) in [6.45, 7) is 3.39. The van der Waals surface area contributed by atoms with Crippen molar-refractivity contribution in [3.05, 3.63) is 53.5 Å². The predicted molar refractivity (Wildman–Crippen MR) is 98.3 cm³/mol. The van der Waals surface area contributed by atoms with Gasteiger partial charge in [0.15, 0.2) is 5.65 Å². The molecule has 150 valence electrons. The molecule has 0 atom stereocenters. The van der Waals surface area contributed by atoms with Gasteiger partial charge in [-0.1, -0.05) is 12.1 Å². The van der Waals surface area contributed by atoms with Crippen LogP contribution in [0.15, 0.2) is 41.4 Å². The lowest BCUT2D eigenvalue weighted by molar-refractivity contribution is -0.147. The minimum atomic E-state index is -4.63. The zero-order valence-electron chi connectivity index (χ0n) is 15.3. The molecule has 28 heavy (non-hydrogen) atoms. The van der Waals surface area contributed by atoms with Gasteiger partial charge < -0.3 is 4.57 Å². The molecule has 3 aromatic rings. The highest BCUT2D eigenvalue weighted by Gasteiger charge is 2.37. The molecular weight excluding hydrogens is 393 g/mol. The lowest BCUT2D eigenvalue weighted by Crippen LogP contribution is -2.27. The van der Waals surface area contributed by atoms with Crippen molar-refractivity contribution in [2.24, 2.45) is 0 Å². The number of imidazole rings is 1. The van der Waals surface area contributed by atoms with E-state index in [1.54, 1.807) is 26.0 Å². The molecule has 0 amide bonds. The quantitative estimate of drug-likeness (QED) is 0.630. The van der Waals surface area contributed by atoms with Crippen molar-refractivity contribution < 1.29 is 21.6 Å². The van der Waals surface area contributed by atoms with Gasteiger partial charge in [0.2, 0.25) is 15.8 Å². The number of hydrogen-bond donors (Lipinski definition) is 1. The predicted octanol–water partition coefficient (Wildman–Crippen LogP) is 3.44. The zero-order chi connectivity index (χ0) is 20.5. The van der Waals surface area contributed by atoms with Gasteiger partial charge in [-0.15, -0.1) is 0 Å². The fourth-order valence-electron chi connectivity index (χ4n) is 2.90. The van der Waals surface area contributed by atoms with Gasteiger partial charge in [-0.3, -0.25) is 0 Å². The fourth-order valence-corrected chi connectivity index (χ4v) is 4.31. The largest absolute Gasteiger partial charge is 0.449 e. The number of aryl methyl sites for hydroxylation is 3. The minimum Gasteiger partial charge on any atom is -0.305 e. The van der Waals surface area contributed by atoms with Crippen LogP contribution in [0.4, 0.5) is 13.2 Å². The second-order valence-corrected chi connectivity index (χ2v) is 8.19. The van der Waals surface area contributed by atoms with E-state index >= 15 is 0 Å².